The maximum atomic E-state index is 13.2. The molecule has 6 heteroatoms. The first kappa shape index (κ1) is 15.6. The van der Waals surface area contributed by atoms with Crippen molar-refractivity contribution >= 4 is 0 Å². The molecule has 2 rings (SSSR count). The fraction of sp³-hybridized carbons (Fsp3) is 0.400. The van der Waals surface area contributed by atoms with Crippen LogP contribution in [0, 0.1) is 0 Å². The van der Waals surface area contributed by atoms with E-state index in [1.807, 2.05) is 6.92 Å². The van der Waals surface area contributed by atoms with Gasteiger partial charge < -0.3 is 9.88 Å². The predicted molar refractivity (Wildman–Crippen MR) is 74.8 cm³/mol. The summed E-state index contributed by atoms with van der Waals surface area (Å²) in [6.45, 7) is 2.60. The van der Waals surface area contributed by atoms with E-state index in [0.29, 0.717) is 12.2 Å². The Morgan fingerprint density at radius 2 is 2.00 bits per heavy atom. The number of nitrogens with one attached hydrogen (secondary N) is 1. The molecular formula is C15H18F3N3. The molecule has 21 heavy (non-hydrogen) atoms. The molecule has 1 unspecified atom stereocenters. The second-order valence-corrected chi connectivity index (χ2v) is 4.90. The minimum Gasteiger partial charge on any atom is -0.336 e. The van der Waals surface area contributed by atoms with Gasteiger partial charge in [0, 0.05) is 7.05 Å². The summed E-state index contributed by atoms with van der Waals surface area (Å²) in [7, 11) is 1.78. The highest BCUT2D eigenvalue weighted by Gasteiger charge is 2.35. The van der Waals surface area contributed by atoms with Gasteiger partial charge in [0.2, 0.25) is 0 Å². The molecule has 0 aliphatic carbocycles. The number of nitrogens with zero attached hydrogens (tertiary/aromatic N) is 2. The molecule has 0 radical (unpaired) electrons. The van der Waals surface area contributed by atoms with Crippen LogP contribution < -0.4 is 5.32 Å². The number of alkyl halides is 3. The van der Waals surface area contributed by atoms with E-state index in [4.69, 9.17) is 0 Å². The van der Waals surface area contributed by atoms with Gasteiger partial charge in [-0.3, -0.25) is 0 Å². The molecular weight excluding hydrogens is 279 g/mol. The van der Waals surface area contributed by atoms with Gasteiger partial charge in [0.25, 0.3) is 0 Å². The summed E-state index contributed by atoms with van der Waals surface area (Å²) >= 11 is 0. The molecule has 1 aromatic carbocycles. The van der Waals surface area contributed by atoms with E-state index in [9.17, 15) is 13.2 Å². The molecule has 0 bridgehead atoms. The molecule has 0 aliphatic heterocycles. The summed E-state index contributed by atoms with van der Waals surface area (Å²) in [5.74, 6) is 0. The summed E-state index contributed by atoms with van der Waals surface area (Å²) in [5, 5.41) is 3.18. The van der Waals surface area contributed by atoms with Crippen molar-refractivity contribution < 1.29 is 13.2 Å². The van der Waals surface area contributed by atoms with Gasteiger partial charge in [-0.2, -0.15) is 13.2 Å². The zero-order chi connectivity index (χ0) is 15.5. The third-order valence-corrected chi connectivity index (χ3v) is 3.33. The van der Waals surface area contributed by atoms with Gasteiger partial charge in [-0.15, -0.1) is 0 Å². The lowest BCUT2D eigenvalue weighted by Gasteiger charge is -2.23. The maximum absolute atomic E-state index is 13.2. The first-order chi connectivity index (χ1) is 9.95. The molecule has 1 aromatic heterocycles. The minimum absolute atomic E-state index is 0.224. The Morgan fingerprint density at radius 1 is 1.29 bits per heavy atom. The molecule has 0 spiro atoms. The van der Waals surface area contributed by atoms with E-state index >= 15 is 0 Å². The quantitative estimate of drug-likeness (QED) is 0.915. The van der Waals surface area contributed by atoms with E-state index in [1.165, 1.54) is 12.1 Å². The molecule has 0 amide bonds. The SMILES string of the molecule is CCCNC(c1ccccc1C(F)(F)F)c1cncn1C. The summed E-state index contributed by atoms with van der Waals surface area (Å²) < 4.78 is 41.4. The maximum Gasteiger partial charge on any atom is 0.416 e. The second-order valence-electron chi connectivity index (χ2n) is 4.90. The van der Waals surface area contributed by atoms with E-state index < -0.39 is 17.8 Å². The van der Waals surface area contributed by atoms with Crippen molar-refractivity contribution in [3.8, 4) is 0 Å². The van der Waals surface area contributed by atoms with Crippen LogP contribution in [0.25, 0.3) is 0 Å². The van der Waals surface area contributed by atoms with E-state index in [1.54, 1.807) is 30.2 Å². The van der Waals surface area contributed by atoms with Crippen molar-refractivity contribution in [2.75, 3.05) is 6.54 Å². The number of hydrogen-bond acceptors (Lipinski definition) is 2. The van der Waals surface area contributed by atoms with Crippen molar-refractivity contribution in [2.24, 2.45) is 7.05 Å². The zero-order valence-electron chi connectivity index (χ0n) is 12.0. The fourth-order valence-electron chi connectivity index (χ4n) is 2.32. The average molecular weight is 297 g/mol. The summed E-state index contributed by atoms with van der Waals surface area (Å²) in [4.78, 5) is 4.01. The fourth-order valence-corrected chi connectivity index (χ4v) is 2.32. The number of halogens is 3. The van der Waals surface area contributed by atoms with Gasteiger partial charge in [0.1, 0.15) is 0 Å². The number of benzene rings is 1. The Kier molecular flexibility index (Phi) is 4.67. The highest BCUT2D eigenvalue weighted by atomic mass is 19.4. The molecule has 0 saturated heterocycles. The monoisotopic (exact) mass is 297 g/mol. The second kappa shape index (κ2) is 6.30. The van der Waals surface area contributed by atoms with Gasteiger partial charge in [-0.05, 0) is 24.6 Å². The lowest BCUT2D eigenvalue weighted by Crippen LogP contribution is -2.27. The van der Waals surface area contributed by atoms with Crippen LogP contribution >= 0.6 is 0 Å². The van der Waals surface area contributed by atoms with E-state index in [-0.39, 0.29) is 5.56 Å². The number of rotatable bonds is 5. The third kappa shape index (κ3) is 3.44. The molecule has 0 saturated carbocycles. The lowest BCUT2D eigenvalue weighted by atomic mass is 9.97. The Balaban J connectivity index is 2.50. The van der Waals surface area contributed by atoms with E-state index in [2.05, 4.69) is 10.3 Å². The summed E-state index contributed by atoms with van der Waals surface area (Å²) in [6, 6.07) is 5.14. The Morgan fingerprint density at radius 3 is 2.57 bits per heavy atom. The highest BCUT2D eigenvalue weighted by Crippen LogP contribution is 2.36. The average Bonchev–Trinajstić information content (AvgIpc) is 2.85. The number of imidazole rings is 1. The van der Waals surface area contributed by atoms with Crippen LogP contribution in [0.5, 0.6) is 0 Å². The third-order valence-electron chi connectivity index (χ3n) is 3.33. The van der Waals surface area contributed by atoms with Crippen molar-refractivity contribution in [1.29, 1.82) is 0 Å². The normalized spacial score (nSPS) is 13.4. The van der Waals surface area contributed by atoms with Gasteiger partial charge in [0.05, 0.1) is 29.8 Å². The van der Waals surface area contributed by atoms with Crippen LogP contribution in [0.3, 0.4) is 0 Å². The number of aryl methyl sites for hydroxylation is 1. The van der Waals surface area contributed by atoms with E-state index in [0.717, 1.165) is 12.5 Å². The molecule has 3 nitrogen and oxygen atoms in total. The van der Waals surface area contributed by atoms with Crippen molar-refractivity contribution in [2.45, 2.75) is 25.6 Å². The highest BCUT2D eigenvalue weighted by molar-refractivity contribution is 5.36. The first-order valence-electron chi connectivity index (χ1n) is 6.81. The van der Waals surface area contributed by atoms with Gasteiger partial charge in [0.15, 0.2) is 0 Å². The predicted octanol–water partition coefficient (Wildman–Crippen LogP) is 3.53. The van der Waals surface area contributed by atoms with Gasteiger partial charge >= 0.3 is 6.18 Å². The van der Waals surface area contributed by atoms with Crippen LogP contribution in [-0.2, 0) is 13.2 Å². The topological polar surface area (TPSA) is 29.9 Å². The van der Waals surface area contributed by atoms with Gasteiger partial charge in [-0.1, -0.05) is 25.1 Å². The Hall–Kier alpha value is -1.82. The summed E-state index contributed by atoms with van der Waals surface area (Å²) in [5.41, 5.74) is 0.321. The lowest BCUT2D eigenvalue weighted by molar-refractivity contribution is -0.138. The smallest absolute Gasteiger partial charge is 0.336 e. The zero-order valence-corrected chi connectivity index (χ0v) is 12.0. The first-order valence-corrected chi connectivity index (χ1v) is 6.81. The van der Waals surface area contributed by atoms with Crippen LogP contribution in [0.15, 0.2) is 36.8 Å². The summed E-state index contributed by atoms with van der Waals surface area (Å²) in [6.07, 6.45) is -0.351. The molecule has 1 atom stereocenters. The Labute approximate surface area is 121 Å². The number of aromatic nitrogens is 2. The van der Waals surface area contributed by atoms with Crippen LogP contribution in [-0.4, -0.2) is 16.1 Å². The molecule has 2 aromatic rings. The molecule has 114 valence electrons. The van der Waals surface area contributed by atoms with Gasteiger partial charge in [-0.25, -0.2) is 4.98 Å². The largest absolute Gasteiger partial charge is 0.416 e. The van der Waals surface area contributed by atoms with Crippen molar-refractivity contribution in [3.05, 3.63) is 53.6 Å². The molecule has 1 N–H and O–H groups in total. The molecule has 0 aliphatic rings. The van der Waals surface area contributed by atoms with Crippen molar-refractivity contribution in [3.63, 3.8) is 0 Å². The number of hydrogen-bond donors (Lipinski definition) is 1. The molecule has 1 heterocycles. The molecule has 0 fully saturated rings. The van der Waals surface area contributed by atoms with Crippen LogP contribution in [0.1, 0.15) is 36.2 Å². The van der Waals surface area contributed by atoms with Crippen LogP contribution in [0.2, 0.25) is 0 Å². The van der Waals surface area contributed by atoms with Crippen molar-refractivity contribution in [1.82, 2.24) is 14.9 Å². The Bertz CT molecular complexity index is 590. The standard InChI is InChI=1S/C15H18F3N3/c1-3-8-20-14(13-9-19-10-21(13)2)11-6-4-5-7-12(11)15(16,17)18/h4-7,9-10,14,20H,3,8H2,1-2H3. The van der Waals surface area contributed by atoms with Crippen LogP contribution in [0.4, 0.5) is 13.2 Å². The minimum atomic E-state index is -4.37.